The van der Waals surface area contributed by atoms with Crippen LogP contribution in [0.3, 0.4) is 0 Å². The molecule has 0 aromatic heterocycles. The number of hydrogen-bond acceptors (Lipinski definition) is 5. The van der Waals surface area contributed by atoms with Gasteiger partial charge in [0.2, 0.25) is 0 Å². The number of aliphatic hydroxyl groups excluding tert-OH is 2. The molecule has 0 saturated heterocycles. The second kappa shape index (κ2) is 9.56. The van der Waals surface area contributed by atoms with Crippen LogP contribution in [0.15, 0.2) is 0 Å². The van der Waals surface area contributed by atoms with Crippen LogP contribution in [0, 0.1) is 11.8 Å². The Labute approximate surface area is 129 Å². The van der Waals surface area contributed by atoms with Crippen LogP contribution in [0.2, 0.25) is 18.1 Å². The third kappa shape index (κ3) is 15.8. The van der Waals surface area contributed by atoms with Gasteiger partial charge in [-0.1, -0.05) is 26.7 Å². The van der Waals surface area contributed by atoms with E-state index in [9.17, 15) is 13.5 Å². The molecule has 21 heavy (non-hydrogen) atoms. The lowest BCUT2D eigenvalue weighted by Gasteiger charge is -2.37. The van der Waals surface area contributed by atoms with Crippen molar-refractivity contribution in [2.75, 3.05) is 12.9 Å². The van der Waals surface area contributed by atoms with Gasteiger partial charge in [-0.25, -0.2) is 0 Å². The van der Waals surface area contributed by atoms with Crippen LogP contribution in [0.25, 0.3) is 0 Å². The summed E-state index contributed by atoms with van der Waals surface area (Å²) in [6, 6.07) is 0. The summed E-state index contributed by atoms with van der Waals surface area (Å²) in [7, 11) is -5.57. The zero-order chi connectivity index (χ0) is 17.3. The van der Waals surface area contributed by atoms with Gasteiger partial charge in [0.1, 0.15) is 0 Å². The lowest BCUT2D eigenvalue weighted by molar-refractivity contribution is -0.0230. The zero-order valence-electron chi connectivity index (χ0n) is 13.7. The first-order chi connectivity index (χ1) is 9.20. The minimum absolute atomic E-state index is 0.0617. The van der Waals surface area contributed by atoms with E-state index in [0.29, 0.717) is 19.1 Å². The van der Waals surface area contributed by atoms with E-state index in [1.807, 2.05) is 0 Å². The van der Waals surface area contributed by atoms with Crippen LogP contribution < -0.4 is 0 Å². The van der Waals surface area contributed by atoms with Gasteiger partial charge in [0.15, 0.2) is 14.6 Å². The van der Waals surface area contributed by atoms with Crippen molar-refractivity contribution in [3.8, 4) is 11.8 Å². The summed E-state index contributed by atoms with van der Waals surface area (Å²) < 4.78 is 31.6. The first-order valence-electron chi connectivity index (χ1n) is 6.55. The van der Waals surface area contributed by atoms with Gasteiger partial charge < -0.3 is 14.6 Å². The van der Waals surface area contributed by atoms with Crippen LogP contribution >= 0.6 is 0 Å². The SMILES string of the molecule is CC(C)(C)[Si](C)(C)OC(O)CC#CCCO.CS(=O)(=O)O. The Morgan fingerprint density at radius 2 is 1.67 bits per heavy atom. The van der Waals surface area contributed by atoms with Gasteiger partial charge in [-0.15, -0.1) is 5.92 Å². The molecule has 0 saturated carbocycles. The molecule has 0 spiro atoms. The van der Waals surface area contributed by atoms with Gasteiger partial charge in [0.25, 0.3) is 10.1 Å². The maximum absolute atomic E-state index is 9.69. The van der Waals surface area contributed by atoms with Crippen molar-refractivity contribution in [2.45, 2.75) is 58.0 Å². The van der Waals surface area contributed by atoms with E-state index in [-0.39, 0.29) is 11.6 Å². The Bertz CT molecular complexity index is 434. The Balaban J connectivity index is 0. The highest BCUT2D eigenvalue weighted by molar-refractivity contribution is 7.85. The monoisotopic (exact) mass is 340 g/mol. The predicted molar refractivity (Wildman–Crippen MR) is 85.9 cm³/mol. The Morgan fingerprint density at radius 1 is 1.24 bits per heavy atom. The second-order valence-corrected chi connectivity index (χ2v) is 12.3. The summed E-state index contributed by atoms with van der Waals surface area (Å²) in [6.07, 6.45) is 0.666. The molecule has 0 amide bonds. The molecule has 1 unspecified atom stereocenters. The predicted octanol–water partition coefficient (Wildman–Crippen LogP) is 1.61. The Kier molecular flexibility index (Phi) is 10.4. The van der Waals surface area contributed by atoms with Crippen molar-refractivity contribution in [1.82, 2.24) is 0 Å². The van der Waals surface area contributed by atoms with Crippen molar-refractivity contribution in [1.29, 1.82) is 0 Å². The molecular weight excluding hydrogens is 312 g/mol. The Morgan fingerprint density at radius 3 is 2.00 bits per heavy atom. The van der Waals surface area contributed by atoms with Gasteiger partial charge in [0, 0.05) is 6.42 Å². The largest absolute Gasteiger partial charge is 0.395 e. The third-order valence-corrected chi connectivity index (χ3v) is 7.35. The van der Waals surface area contributed by atoms with Crippen molar-refractivity contribution in [3.63, 3.8) is 0 Å². The van der Waals surface area contributed by atoms with E-state index in [1.54, 1.807) is 0 Å². The molecule has 0 aliphatic heterocycles. The molecule has 126 valence electrons. The summed E-state index contributed by atoms with van der Waals surface area (Å²) in [5.41, 5.74) is 0. The Hall–Kier alpha value is -0.433. The molecule has 0 bridgehead atoms. The molecule has 0 aliphatic rings. The molecule has 0 aromatic carbocycles. The van der Waals surface area contributed by atoms with Gasteiger partial charge in [0.05, 0.1) is 19.3 Å². The average molecular weight is 341 g/mol. The average Bonchev–Trinajstić information content (AvgIpc) is 2.19. The number of hydrogen-bond donors (Lipinski definition) is 3. The van der Waals surface area contributed by atoms with Gasteiger partial charge in [-0.05, 0) is 18.1 Å². The van der Waals surface area contributed by atoms with Crippen molar-refractivity contribution in [3.05, 3.63) is 0 Å². The smallest absolute Gasteiger partial charge is 0.261 e. The summed E-state index contributed by atoms with van der Waals surface area (Å²) in [4.78, 5) is 0. The molecule has 0 heterocycles. The molecule has 1 atom stereocenters. The summed E-state index contributed by atoms with van der Waals surface area (Å²) in [5.74, 6) is 5.56. The normalized spacial score (nSPS) is 13.6. The van der Waals surface area contributed by atoms with Crippen molar-refractivity contribution in [2.24, 2.45) is 0 Å². The third-order valence-electron chi connectivity index (χ3n) is 2.88. The lowest BCUT2D eigenvalue weighted by atomic mass is 10.2. The van der Waals surface area contributed by atoms with E-state index in [1.165, 1.54) is 0 Å². The zero-order valence-corrected chi connectivity index (χ0v) is 15.5. The standard InChI is InChI=1S/C12H24O3Si.CH4O3S/c1-12(2,3)16(4,5)15-11(14)9-7-6-8-10-13;1-5(2,3)4/h11,13-14H,8-10H2,1-5H3;1H3,(H,2,3,4). The topological polar surface area (TPSA) is 104 Å². The summed E-state index contributed by atoms with van der Waals surface area (Å²) in [5, 5.41) is 18.3. The van der Waals surface area contributed by atoms with Crippen LogP contribution in [-0.2, 0) is 14.5 Å². The maximum Gasteiger partial charge on any atom is 0.261 e. The number of rotatable bonds is 4. The molecule has 6 nitrogen and oxygen atoms in total. The maximum atomic E-state index is 9.69. The fraction of sp³-hybridized carbons (Fsp3) is 0.846. The van der Waals surface area contributed by atoms with E-state index in [4.69, 9.17) is 14.1 Å². The molecule has 0 fully saturated rings. The van der Waals surface area contributed by atoms with E-state index in [2.05, 4.69) is 45.7 Å². The molecule has 0 aliphatic carbocycles. The first-order valence-corrected chi connectivity index (χ1v) is 11.3. The highest BCUT2D eigenvalue weighted by atomic mass is 32.2. The molecule has 3 N–H and O–H groups in total. The first kappa shape index (κ1) is 22.8. The second-order valence-electron chi connectivity index (χ2n) is 6.10. The molecule has 0 rings (SSSR count). The fourth-order valence-electron chi connectivity index (χ4n) is 0.862. The minimum atomic E-state index is -3.67. The minimum Gasteiger partial charge on any atom is -0.395 e. The molecule has 0 radical (unpaired) electrons. The van der Waals surface area contributed by atoms with Gasteiger partial charge >= 0.3 is 0 Å². The van der Waals surface area contributed by atoms with E-state index < -0.39 is 24.7 Å². The van der Waals surface area contributed by atoms with Gasteiger partial charge in [-0.3, -0.25) is 4.55 Å². The molecule has 8 heteroatoms. The van der Waals surface area contributed by atoms with Crippen LogP contribution in [0.1, 0.15) is 33.6 Å². The molecule has 0 aromatic rings. The van der Waals surface area contributed by atoms with Crippen molar-refractivity contribution < 1.29 is 27.6 Å². The highest BCUT2D eigenvalue weighted by Crippen LogP contribution is 2.37. The molecular formula is C13H28O6SSi. The quantitative estimate of drug-likeness (QED) is 0.311. The summed E-state index contributed by atoms with van der Waals surface area (Å²) >= 11 is 0. The number of aliphatic hydroxyl groups is 2. The van der Waals surface area contributed by atoms with Crippen LogP contribution in [-0.4, -0.2) is 50.7 Å². The van der Waals surface area contributed by atoms with Crippen molar-refractivity contribution >= 4 is 18.4 Å². The van der Waals surface area contributed by atoms with Crippen LogP contribution in [0.5, 0.6) is 0 Å². The fourth-order valence-corrected chi connectivity index (χ4v) is 1.98. The van der Waals surface area contributed by atoms with E-state index >= 15 is 0 Å². The summed E-state index contributed by atoms with van der Waals surface area (Å²) in [6.45, 7) is 10.6. The highest BCUT2D eigenvalue weighted by Gasteiger charge is 2.38. The van der Waals surface area contributed by atoms with E-state index in [0.717, 1.165) is 0 Å². The van der Waals surface area contributed by atoms with Gasteiger partial charge in [-0.2, -0.15) is 8.42 Å². The lowest BCUT2D eigenvalue weighted by Crippen LogP contribution is -2.43. The van der Waals surface area contributed by atoms with Crippen LogP contribution in [0.4, 0.5) is 0 Å².